The molecule has 3 rings (SSSR count). The van der Waals surface area contributed by atoms with E-state index in [1.165, 1.54) is 18.2 Å². The molecule has 0 radical (unpaired) electrons. The minimum absolute atomic E-state index is 0.00775. The van der Waals surface area contributed by atoms with Crippen LogP contribution in [0.2, 0.25) is 5.02 Å². The molecule has 1 aliphatic carbocycles. The molecular formula is C22H25ClFNO5. The fourth-order valence-electron chi connectivity index (χ4n) is 3.45. The van der Waals surface area contributed by atoms with Crippen LogP contribution in [0.3, 0.4) is 0 Å². The van der Waals surface area contributed by atoms with Gasteiger partial charge < -0.3 is 19.7 Å². The molecule has 1 aliphatic rings. The summed E-state index contributed by atoms with van der Waals surface area (Å²) in [7, 11) is 0. The van der Waals surface area contributed by atoms with Crippen LogP contribution >= 0.6 is 11.6 Å². The lowest BCUT2D eigenvalue weighted by Gasteiger charge is -2.12. The van der Waals surface area contributed by atoms with Crippen LogP contribution in [0.25, 0.3) is 5.69 Å². The van der Waals surface area contributed by atoms with E-state index in [0.29, 0.717) is 30.6 Å². The molecule has 0 saturated heterocycles. The molecule has 8 heteroatoms. The molecule has 0 bridgehead atoms. The summed E-state index contributed by atoms with van der Waals surface area (Å²) >= 11 is 6.08. The maximum Gasteiger partial charge on any atom is 0.330 e. The predicted molar refractivity (Wildman–Crippen MR) is 111 cm³/mol. The van der Waals surface area contributed by atoms with Crippen molar-refractivity contribution in [3.8, 4) is 23.2 Å². The van der Waals surface area contributed by atoms with Gasteiger partial charge in [-0.15, -0.1) is 0 Å². The molecule has 0 atom stereocenters. The van der Waals surface area contributed by atoms with Crippen molar-refractivity contribution in [3.05, 3.63) is 46.3 Å². The summed E-state index contributed by atoms with van der Waals surface area (Å²) in [5, 5.41) is 21.1. The summed E-state index contributed by atoms with van der Waals surface area (Å²) in [5.41, 5.74) is 1.21. The second kappa shape index (κ2) is 9.89. The number of aromatic hydroxyl groups is 2. The number of carbonyl (C=O) groups excluding carboxylic acids is 1. The predicted octanol–water partition coefficient (Wildman–Crippen LogP) is 4.84. The first-order chi connectivity index (χ1) is 14.4. The number of esters is 1. The third-order valence-corrected chi connectivity index (χ3v) is 5.30. The first kappa shape index (κ1) is 22.0. The molecule has 0 spiro atoms. The number of carbonyl (C=O) groups is 1. The number of hydrogen-bond acceptors (Lipinski definition) is 5. The van der Waals surface area contributed by atoms with Gasteiger partial charge in [0.1, 0.15) is 18.2 Å². The third kappa shape index (κ3) is 4.73. The van der Waals surface area contributed by atoms with Crippen molar-refractivity contribution in [2.24, 2.45) is 0 Å². The Morgan fingerprint density at radius 1 is 1.23 bits per heavy atom. The highest BCUT2D eigenvalue weighted by molar-refractivity contribution is 6.32. The maximum atomic E-state index is 14.6. The molecule has 2 aromatic rings. The van der Waals surface area contributed by atoms with Gasteiger partial charge in [-0.2, -0.15) is 0 Å². The first-order valence-electron chi connectivity index (χ1n) is 10.0. The number of unbranched alkanes of at least 4 members (excludes halogenated alkanes) is 1. The van der Waals surface area contributed by atoms with Gasteiger partial charge in [-0.25, -0.2) is 13.8 Å². The SMILES string of the molecule is CCCCOC(=O)C=CCOc1cc(-n2c(O)c3c(c2O)CCCC3)c(F)cc1Cl. The van der Waals surface area contributed by atoms with Crippen molar-refractivity contribution >= 4 is 17.6 Å². The smallest absolute Gasteiger partial charge is 0.330 e. The van der Waals surface area contributed by atoms with Gasteiger partial charge in [0.15, 0.2) is 0 Å². The van der Waals surface area contributed by atoms with Crippen LogP contribution in [-0.4, -0.2) is 34.0 Å². The molecule has 6 nitrogen and oxygen atoms in total. The van der Waals surface area contributed by atoms with E-state index in [4.69, 9.17) is 21.1 Å². The Hall–Kier alpha value is -2.67. The molecule has 30 heavy (non-hydrogen) atoms. The van der Waals surface area contributed by atoms with Crippen LogP contribution in [0.5, 0.6) is 17.5 Å². The summed E-state index contributed by atoms with van der Waals surface area (Å²) in [6.45, 7) is 2.37. The lowest BCUT2D eigenvalue weighted by atomic mass is 9.95. The molecule has 0 amide bonds. The van der Waals surface area contributed by atoms with E-state index < -0.39 is 11.8 Å². The molecule has 1 aromatic carbocycles. The highest BCUT2D eigenvalue weighted by Gasteiger charge is 2.27. The number of halogens is 2. The van der Waals surface area contributed by atoms with Gasteiger partial charge in [0.25, 0.3) is 0 Å². The van der Waals surface area contributed by atoms with Gasteiger partial charge in [-0.3, -0.25) is 0 Å². The summed E-state index contributed by atoms with van der Waals surface area (Å²) in [4.78, 5) is 11.6. The second-order valence-electron chi connectivity index (χ2n) is 7.12. The fourth-order valence-corrected chi connectivity index (χ4v) is 3.65. The summed E-state index contributed by atoms with van der Waals surface area (Å²) in [5.74, 6) is -1.37. The number of hydrogen-bond donors (Lipinski definition) is 2. The number of rotatable bonds is 8. The normalized spacial score (nSPS) is 13.4. The lowest BCUT2D eigenvalue weighted by molar-refractivity contribution is -0.137. The highest BCUT2D eigenvalue weighted by Crippen LogP contribution is 2.42. The zero-order valence-electron chi connectivity index (χ0n) is 16.8. The monoisotopic (exact) mass is 437 g/mol. The van der Waals surface area contributed by atoms with E-state index in [0.717, 1.165) is 36.3 Å². The average Bonchev–Trinajstić information content (AvgIpc) is 2.98. The van der Waals surface area contributed by atoms with Crippen LogP contribution in [-0.2, 0) is 22.4 Å². The molecule has 0 fully saturated rings. The van der Waals surface area contributed by atoms with E-state index in [1.54, 1.807) is 0 Å². The van der Waals surface area contributed by atoms with Crippen LogP contribution < -0.4 is 4.74 Å². The van der Waals surface area contributed by atoms with E-state index in [1.807, 2.05) is 6.92 Å². The Labute approximate surface area is 179 Å². The summed E-state index contributed by atoms with van der Waals surface area (Å²) in [6, 6.07) is 2.38. The third-order valence-electron chi connectivity index (χ3n) is 5.00. The molecule has 0 unspecified atom stereocenters. The number of nitrogens with zero attached hydrogens (tertiary/aromatic N) is 1. The molecular weight excluding hydrogens is 413 g/mol. The number of benzene rings is 1. The number of fused-ring (bicyclic) bond motifs is 1. The van der Waals surface area contributed by atoms with Crippen molar-refractivity contribution in [2.45, 2.75) is 45.4 Å². The zero-order valence-corrected chi connectivity index (χ0v) is 17.5. The van der Waals surface area contributed by atoms with E-state index in [2.05, 4.69) is 0 Å². The van der Waals surface area contributed by atoms with Gasteiger partial charge in [0.2, 0.25) is 11.8 Å². The Morgan fingerprint density at radius 3 is 2.53 bits per heavy atom. The van der Waals surface area contributed by atoms with Gasteiger partial charge in [-0.1, -0.05) is 24.9 Å². The minimum Gasteiger partial charge on any atom is -0.494 e. The van der Waals surface area contributed by atoms with Gasteiger partial charge in [-0.05, 0) is 44.2 Å². The van der Waals surface area contributed by atoms with Gasteiger partial charge >= 0.3 is 5.97 Å². The molecule has 2 N–H and O–H groups in total. The van der Waals surface area contributed by atoms with E-state index in [9.17, 15) is 19.4 Å². The molecule has 0 saturated carbocycles. The second-order valence-corrected chi connectivity index (χ2v) is 7.52. The van der Waals surface area contributed by atoms with Crippen molar-refractivity contribution in [1.82, 2.24) is 4.57 Å². The molecule has 0 aliphatic heterocycles. The minimum atomic E-state index is -0.708. The van der Waals surface area contributed by atoms with Crippen LogP contribution in [0.15, 0.2) is 24.3 Å². The van der Waals surface area contributed by atoms with Crippen molar-refractivity contribution in [1.29, 1.82) is 0 Å². The zero-order chi connectivity index (χ0) is 21.7. The van der Waals surface area contributed by atoms with Gasteiger partial charge in [0.05, 0.1) is 17.3 Å². The first-order valence-corrected chi connectivity index (χ1v) is 10.4. The Balaban J connectivity index is 1.77. The molecule has 1 heterocycles. The van der Waals surface area contributed by atoms with Crippen LogP contribution in [0, 0.1) is 5.82 Å². The summed E-state index contributed by atoms with van der Waals surface area (Å²) in [6.07, 6.45) is 7.50. The Morgan fingerprint density at radius 2 is 1.90 bits per heavy atom. The fraction of sp³-hybridized carbons (Fsp3) is 0.409. The van der Waals surface area contributed by atoms with Crippen molar-refractivity contribution in [3.63, 3.8) is 0 Å². The van der Waals surface area contributed by atoms with E-state index in [-0.39, 0.29) is 34.8 Å². The van der Waals surface area contributed by atoms with Crippen LogP contribution in [0.1, 0.15) is 43.7 Å². The Bertz CT molecular complexity index is 924. The maximum absolute atomic E-state index is 14.6. The molecule has 1 aromatic heterocycles. The van der Waals surface area contributed by atoms with Crippen molar-refractivity contribution < 1.29 is 28.9 Å². The van der Waals surface area contributed by atoms with Crippen LogP contribution in [0.4, 0.5) is 4.39 Å². The standard InChI is InChI=1S/C22H25ClFNO5/c1-2-3-10-30-20(26)9-6-11-29-19-13-18(17(24)12-16(19)23)25-21(27)14-7-4-5-8-15(14)22(25)28/h6,9,12-13,27-28H,2-5,7-8,10-11H2,1H3. The molecule has 162 valence electrons. The number of aromatic nitrogens is 1. The average molecular weight is 438 g/mol. The Kier molecular flexibility index (Phi) is 7.26. The quantitative estimate of drug-likeness (QED) is 0.351. The lowest BCUT2D eigenvalue weighted by Crippen LogP contribution is -2.04. The largest absolute Gasteiger partial charge is 0.494 e. The van der Waals surface area contributed by atoms with Crippen molar-refractivity contribution in [2.75, 3.05) is 13.2 Å². The topological polar surface area (TPSA) is 80.9 Å². The number of ether oxygens (including phenoxy) is 2. The summed E-state index contributed by atoms with van der Waals surface area (Å²) < 4.78 is 26.2. The van der Waals surface area contributed by atoms with E-state index >= 15 is 0 Å². The van der Waals surface area contributed by atoms with Gasteiger partial charge in [0, 0.05) is 23.3 Å². The highest BCUT2D eigenvalue weighted by atomic mass is 35.5.